The molecule has 0 saturated heterocycles. The molecule has 1 aliphatic carbocycles. The summed E-state index contributed by atoms with van der Waals surface area (Å²) in [6, 6.07) is 2.28. The van der Waals surface area contributed by atoms with Crippen LogP contribution in [0, 0.1) is 0 Å². The van der Waals surface area contributed by atoms with Gasteiger partial charge in [-0.1, -0.05) is 0 Å². The van der Waals surface area contributed by atoms with Crippen LogP contribution in [0.1, 0.15) is 23.2 Å². The molecule has 1 amide bonds. The Morgan fingerprint density at radius 3 is 2.85 bits per heavy atom. The van der Waals surface area contributed by atoms with E-state index in [0.29, 0.717) is 6.04 Å². The highest BCUT2D eigenvalue weighted by atomic mass is 79.9. The monoisotopic (exact) mass is 242 g/mol. The van der Waals surface area contributed by atoms with Gasteiger partial charge in [0.15, 0.2) is 0 Å². The summed E-state index contributed by atoms with van der Waals surface area (Å²) in [5.41, 5.74) is 0.723. The van der Waals surface area contributed by atoms with Gasteiger partial charge in [-0.3, -0.25) is 4.79 Å². The van der Waals surface area contributed by atoms with E-state index in [0.717, 1.165) is 23.0 Å². The third-order valence-corrected chi connectivity index (χ3v) is 2.77. The fraction of sp³-hybridized carbons (Fsp3) is 0.444. The predicted octanol–water partition coefficient (Wildman–Crippen LogP) is 2.01. The smallest absolute Gasteiger partial charge is 0.255 e. The van der Waals surface area contributed by atoms with Gasteiger partial charge in [-0.25, -0.2) is 0 Å². The molecule has 0 radical (unpaired) electrons. The second-order valence-corrected chi connectivity index (χ2v) is 4.24. The number of aromatic nitrogens is 1. The molecule has 0 bridgehead atoms. The van der Waals surface area contributed by atoms with Crippen LogP contribution in [0.2, 0.25) is 0 Å². The van der Waals surface area contributed by atoms with Crippen molar-refractivity contribution in [3.05, 3.63) is 22.4 Å². The summed E-state index contributed by atoms with van der Waals surface area (Å²) in [5, 5.41) is 0. The molecule has 1 heterocycles. The molecular weight excluding hydrogens is 232 g/mol. The van der Waals surface area contributed by atoms with Crippen molar-refractivity contribution in [1.29, 1.82) is 0 Å². The van der Waals surface area contributed by atoms with Gasteiger partial charge in [0.05, 0.1) is 10.2 Å². The molecule has 1 saturated carbocycles. The Morgan fingerprint density at radius 2 is 2.38 bits per heavy atom. The molecule has 1 aromatic rings. The maximum atomic E-state index is 11.7. The van der Waals surface area contributed by atoms with Crippen molar-refractivity contribution < 1.29 is 4.79 Å². The fourth-order valence-electron chi connectivity index (χ4n) is 1.32. The zero-order valence-electron chi connectivity index (χ0n) is 7.38. The number of nitrogens with zero attached hydrogens (tertiary/aromatic N) is 1. The number of amides is 1. The number of rotatable bonds is 2. The summed E-state index contributed by atoms with van der Waals surface area (Å²) >= 11 is 3.28. The van der Waals surface area contributed by atoms with Crippen molar-refractivity contribution in [2.24, 2.45) is 0 Å². The van der Waals surface area contributed by atoms with Gasteiger partial charge in [0, 0.05) is 19.3 Å². The van der Waals surface area contributed by atoms with Crippen LogP contribution in [0.3, 0.4) is 0 Å². The van der Waals surface area contributed by atoms with E-state index in [1.807, 2.05) is 11.9 Å². The molecule has 1 N–H and O–H groups in total. The van der Waals surface area contributed by atoms with Crippen molar-refractivity contribution in [1.82, 2.24) is 9.88 Å². The summed E-state index contributed by atoms with van der Waals surface area (Å²) in [6.45, 7) is 0. The van der Waals surface area contributed by atoms with Gasteiger partial charge in [0.25, 0.3) is 5.91 Å². The molecule has 1 aliphatic rings. The van der Waals surface area contributed by atoms with Gasteiger partial charge in [0.2, 0.25) is 0 Å². The standard InChI is InChI=1S/C9H11BrN2O/c1-12(7-2-3-7)9(13)6-4-8(10)11-5-6/h4-5,7,11H,2-3H2,1H3. The zero-order chi connectivity index (χ0) is 9.42. The van der Waals surface area contributed by atoms with Gasteiger partial charge < -0.3 is 9.88 Å². The molecule has 13 heavy (non-hydrogen) atoms. The Labute approximate surface area is 85.2 Å². The van der Waals surface area contributed by atoms with Crippen molar-refractivity contribution >= 4 is 21.8 Å². The lowest BCUT2D eigenvalue weighted by atomic mass is 10.3. The minimum Gasteiger partial charge on any atom is -0.355 e. The van der Waals surface area contributed by atoms with E-state index in [-0.39, 0.29) is 5.91 Å². The molecule has 4 heteroatoms. The number of H-pyrrole nitrogens is 1. The number of halogens is 1. The molecule has 1 aromatic heterocycles. The van der Waals surface area contributed by atoms with Crippen molar-refractivity contribution in [2.75, 3.05) is 7.05 Å². The predicted molar refractivity (Wildman–Crippen MR) is 53.6 cm³/mol. The lowest BCUT2D eigenvalue weighted by molar-refractivity contribution is 0.0785. The quantitative estimate of drug-likeness (QED) is 0.847. The molecular formula is C9H11BrN2O. The van der Waals surface area contributed by atoms with E-state index in [1.54, 1.807) is 12.3 Å². The molecule has 0 atom stereocenters. The average molecular weight is 243 g/mol. The minimum atomic E-state index is 0.101. The van der Waals surface area contributed by atoms with Crippen molar-refractivity contribution in [2.45, 2.75) is 18.9 Å². The second-order valence-electron chi connectivity index (χ2n) is 3.38. The van der Waals surface area contributed by atoms with Gasteiger partial charge >= 0.3 is 0 Å². The fourth-order valence-corrected chi connectivity index (χ4v) is 1.68. The Balaban J connectivity index is 2.11. The lowest BCUT2D eigenvalue weighted by Crippen LogP contribution is -2.28. The largest absolute Gasteiger partial charge is 0.355 e. The first-order chi connectivity index (χ1) is 6.18. The first-order valence-electron chi connectivity index (χ1n) is 4.29. The van der Waals surface area contributed by atoms with Gasteiger partial charge in [-0.15, -0.1) is 0 Å². The van der Waals surface area contributed by atoms with Crippen LogP contribution >= 0.6 is 15.9 Å². The number of carbonyl (C=O) groups is 1. The Bertz CT molecular complexity index is 330. The van der Waals surface area contributed by atoms with Crippen molar-refractivity contribution in [3.8, 4) is 0 Å². The number of aromatic amines is 1. The Kier molecular flexibility index (Phi) is 2.15. The van der Waals surface area contributed by atoms with Crippen LogP contribution in [0.4, 0.5) is 0 Å². The van der Waals surface area contributed by atoms with Gasteiger partial charge in [-0.2, -0.15) is 0 Å². The van der Waals surface area contributed by atoms with Gasteiger partial charge in [-0.05, 0) is 34.8 Å². The van der Waals surface area contributed by atoms with E-state index in [2.05, 4.69) is 20.9 Å². The SMILES string of the molecule is CN(C(=O)c1c[nH]c(Br)c1)C1CC1. The number of nitrogens with one attached hydrogen (secondary N) is 1. The molecule has 2 rings (SSSR count). The molecule has 70 valence electrons. The van der Waals surface area contributed by atoms with Crippen LogP contribution in [-0.4, -0.2) is 28.9 Å². The second kappa shape index (κ2) is 3.18. The zero-order valence-corrected chi connectivity index (χ0v) is 8.97. The minimum absolute atomic E-state index is 0.101. The first-order valence-corrected chi connectivity index (χ1v) is 5.09. The maximum absolute atomic E-state index is 11.7. The van der Waals surface area contributed by atoms with Crippen LogP contribution < -0.4 is 0 Å². The third kappa shape index (κ3) is 1.77. The highest BCUT2D eigenvalue weighted by Gasteiger charge is 2.30. The number of carbonyl (C=O) groups excluding carboxylic acids is 1. The first kappa shape index (κ1) is 8.81. The molecule has 1 fully saturated rings. The summed E-state index contributed by atoms with van der Waals surface area (Å²) in [5.74, 6) is 0.101. The van der Waals surface area contributed by atoms with E-state index < -0.39 is 0 Å². The van der Waals surface area contributed by atoms with Crippen LogP contribution in [-0.2, 0) is 0 Å². The van der Waals surface area contributed by atoms with Crippen molar-refractivity contribution in [3.63, 3.8) is 0 Å². The molecule has 0 aliphatic heterocycles. The molecule has 0 spiro atoms. The average Bonchev–Trinajstić information content (AvgIpc) is 2.87. The third-order valence-electron chi connectivity index (χ3n) is 2.31. The summed E-state index contributed by atoms with van der Waals surface area (Å²) in [7, 11) is 1.86. The van der Waals surface area contributed by atoms with E-state index in [4.69, 9.17) is 0 Å². The molecule has 3 nitrogen and oxygen atoms in total. The maximum Gasteiger partial charge on any atom is 0.255 e. The van der Waals surface area contributed by atoms with E-state index in [9.17, 15) is 4.79 Å². The highest BCUT2D eigenvalue weighted by molar-refractivity contribution is 9.10. The van der Waals surface area contributed by atoms with Crippen LogP contribution in [0.15, 0.2) is 16.9 Å². The highest BCUT2D eigenvalue weighted by Crippen LogP contribution is 2.26. The van der Waals surface area contributed by atoms with Crippen LogP contribution in [0.5, 0.6) is 0 Å². The summed E-state index contributed by atoms with van der Waals surface area (Å²) < 4.78 is 0.847. The molecule has 0 aromatic carbocycles. The number of hydrogen-bond donors (Lipinski definition) is 1. The Hall–Kier alpha value is -0.770. The topological polar surface area (TPSA) is 36.1 Å². The van der Waals surface area contributed by atoms with E-state index in [1.165, 1.54) is 0 Å². The normalized spacial score (nSPS) is 15.8. The van der Waals surface area contributed by atoms with Gasteiger partial charge in [0.1, 0.15) is 0 Å². The number of hydrogen-bond acceptors (Lipinski definition) is 1. The lowest BCUT2D eigenvalue weighted by Gasteiger charge is -2.14. The van der Waals surface area contributed by atoms with E-state index >= 15 is 0 Å². The summed E-state index contributed by atoms with van der Waals surface area (Å²) in [6.07, 6.45) is 4.02. The Morgan fingerprint density at radius 1 is 1.69 bits per heavy atom. The summed E-state index contributed by atoms with van der Waals surface area (Å²) in [4.78, 5) is 16.5. The molecule has 0 unspecified atom stereocenters. The van der Waals surface area contributed by atoms with Crippen LogP contribution in [0.25, 0.3) is 0 Å².